The monoisotopic (exact) mass is 629 g/mol. The third-order valence-corrected chi connectivity index (χ3v) is 8.21. The molecule has 12 heteroatoms. The van der Waals surface area contributed by atoms with Gasteiger partial charge in [0.2, 0.25) is 0 Å². The second-order valence-corrected chi connectivity index (χ2v) is 11.5. The number of nitriles is 1. The average Bonchev–Trinajstić information content (AvgIpc) is 3.71. The van der Waals surface area contributed by atoms with Crippen molar-refractivity contribution in [2.45, 2.75) is 38.8 Å². The minimum Gasteiger partial charge on any atom is -0.496 e. The number of carbonyl (C=O) groups is 1. The van der Waals surface area contributed by atoms with E-state index in [-0.39, 0.29) is 46.8 Å². The third-order valence-electron chi connectivity index (χ3n) is 7.98. The molecule has 3 aromatic carbocycles. The first-order chi connectivity index (χ1) is 21.7. The Hall–Kier alpha value is -5.08. The van der Waals surface area contributed by atoms with Crippen LogP contribution in [-0.2, 0) is 19.6 Å². The van der Waals surface area contributed by atoms with E-state index >= 15 is 8.78 Å². The van der Waals surface area contributed by atoms with Crippen LogP contribution in [0.2, 0.25) is 5.02 Å². The Morgan fingerprint density at radius 3 is 2.64 bits per heavy atom. The van der Waals surface area contributed by atoms with Gasteiger partial charge in [-0.2, -0.15) is 10.2 Å². The van der Waals surface area contributed by atoms with Crippen LogP contribution in [0, 0.1) is 28.4 Å². The van der Waals surface area contributed by atoms with Gasteiger partial charge < -0.3 is 19.1 Å². The number of imidazole rings is 1. The molecule has 1 N–H and O–H groups in total. The molecular weight excluding hydrogens is 604 g/mol. The van der Waals surface area contributed by atoms with Crippen LogP contribution in [-0.4, -0.2) is 37.7 Å². The van der Waals surface area contributed by atoms with Crippen molar-refractivity contribution >= 4 is 28.6 Å². The number of rotatable bonds is 11. The van der Waals surface area contributed by atoms with Gasteiger partial charge in [0.05, 0.1) is 35.5 Å². The summed E-state index contributed by atoms with van der Waals surface area (Å²) < 4.78 is 44.0. The van der Waals surface area contributed by atoms with Gasteiger partial charge in [-0.1, -0.05) is 17.7 Å². The molecule has 1 aliphatic carbocycles. The lowest BCUT2D eigenvalue weighted by Gasteiger charge is -2.16. The maximum absolute atomic E-state index is 15.6. The van der Waals surface area contributed by atoms with Crippen LogP contribution in [0.3, 0.4) is 0 Å². The second-order valence-electron chi connectivity index (χ2n) is 11.0. The van der Waals surface area contributed by atoms with Gasteiger partial charge in [0.25, 0.3) is 0 Å². The van der Waals surface area contributed by atoms with Crippen LogP contribution >= 0.6 is 11.6 Å². The molecule has 0 unspecified atom stereocenters. The summed E-state index contributed by atoms with van der Waals surface area (Å²) in [6.07, 6.45) is 3.36. The maximum atomic E-state index is 15.6. The minimum absolute atomic E-state index is 0.0331. The SMILES string of the molecule is COc1cc(Cl)ccc1COc1nccc(-c2cc(F)c(Cc3nc4ccc(C(=O)O)cc4n3CC3(CC#N)CC3)cc2F)n1. The summed E-state index contributed by atoms with van der Waals surface area (Å²) in [5.41, 5.74) is 1.75. The molecule has 5 aromatic rings. The zero-order chi connectivity index (χ0) is 31.7. The fourth-order valence-corrected chi connectivity index (χ4v) is 5.48. The number of hydrogen-bond donors (Lipinski definition) is 1. The van der Waals surface area contributed by atoms with Crippen molar-refractivity contribution in [1.29, 1.82) is 5.26 Å². The van der Waals surface area contributed by atoms with Crippen LogP contribution < -0.4 is 9.47 Å². The highest BCUT2D eigenvalue weighted by Crippen LogP contribution is 2.50. The van der Waals surface area contributed by atoms with Gasteiger partial charge in [0.1, 0.15) is 29.8 Å². The van der Waals surface area contributed by atoms with Gasteiger partial charge in [0, 0.05) is 47.1 Å². The lowest BCUT2D eigenvalue weighted by molar-refractivity contribution is 0.0697. The van der Waals surface area contributed by atoms with Crippen molar-refractivity contribution in [1.82, 2.24) is 19.5 Å². The van der Waals surface area contributed by atoms with Crippen molar-refractivity contribution in [3.8, 4) is 29.1 Å². The molecule has 6 rings (SSSR count). The molecule has 228 valence electrons. The molecule has 45 heavy (non-hydrogen) atoms. The Labute approximate surface area is 261 Å². The number of ether oxygens (including phenoxy) is 2. The van der Waals surface area contributed by atoms with E-state index in [1.54, 1.807) is 24.3 Å². The highest BCUT2D eigenvalue weighted by atomic mass is 35.5. The van der Waals surface area contributed by atoms with Crippen molar-refractivity contribution in [3.05, 3.63) is 100.0 Å². The number of aromatic carboxylic acids is 1. The minimum atomic E-state index is -1.09. The zero-order valence-electron chi connectivity index (χ0n) is 24.1. The molecular formula is C33H26ClF2N5O4. The van der Waals surface area contributed by atoms with Crippen LogP contribution in [0.1, 0.15) is 46.6 Å². The number of halogens is 3. The van der Waals surface area contributed by atoms with Gasteiger partial charge in [-0.05, 0) is 66.9 Å². The summed E-state index contributed by atoms with van der Waals surface area (Å²) in [5, 5.41) is 19.4. The summed E-state index contributed by atoms with van der Waals surface area (Å²) in [6, 6.07) is 15.5. The fraction of sp³-hybridized carbons (Fsp3) is 0.242. The lowest BCUT2D eigenvalue weighted by Crippen LogP contribution is -2.15. The molecule has 1 aliphatic rings. The Kier molecular flexibility index (Phi) is 8.08. The van der Waals surface area contributed by atoms with Crippen LogP contribution in [0.25, 0.3) is 22.3 Å². The molecule has 9 nitrogen and oxygen atoms in total. The van der Waals surface area contributed by atoms with E-state index in [4.69, 9.17) is 21.1 Å². The van der Waals surface area contributed by atoms with E-state index in [0.717, 1.165) is 25.0 Å². The van der Waals surface area contributed by atoms with Crippen LogP contribution in [0.4, 0.5) is 8.78 Å². The molecule has 0 aliphatic heterocycles. The number of carboxylic acid groups (broad SMARTS) is 1. The summed E-state index contributed by atoms with van der Waals surface area (Å²) in [4.78, 5) is 24.7. The highest BCUT2D eigenvalue weighted by Gasteiger charge is 2.43. The largest absolute Gasteiger partial charge is 0.496 e. The van der Waals surface area contributed by atoms with Gasteiger partial charge >= 0.3 is 12.0 Å². The Morgan fingerprint density at radius 2 is 1.91 bits per heavy atom. The van der Waals surface area contributed by atoms with E-state index in [1.807, 2.05) is 4.57 Å². The van der Waals surface area contributed by atoms with Gasteiger partial charge in [-0.25, -0.2) is 23.5 Å². The van der Waals surface area contributed by atoms with Crippen molar-refractivity contribution < 1.29 is 28.2 Å². The summed E-state index contributed by atoms with van der Waals surface area (Å²) in [6.45, 7) is 0.480. The van der Waals surface area contributed by atoms with Crippen molar-refractivity contribution in [2.75, 3.05) is 7.11 Å². The smallest absolute Gasteiger partial charge is 0.335 e. The van der Waals surface area contributed by atoms with Crippen molar-refractivity contribution in [3.63, 3.8) is 0 Å². The number of aromatic nitrogens is 4. The predicted molar refractivity (Wildman–Crippen MR) is 161 cm³/mol. The molecule has 0 atom stereocenters. The second kappa shape index (κ2) is 12.1. The number of fused-ring (bicyclic) bond motifs is 1. The molecule has 2 aromatic heterocycles. The first kappa shape index (κ1) is 30.0. The first-order valence-electron chi connectivity index (χ1n) is 14.0. The zero-order valence-corrected chi connectivity index (χ0v) is 24.8. The molecule has 0 spiro atoms. The quantitative estimate of drug-likeness (QED) is 0.166. The Bertz CT molecular complexity index is 1990. The van der Waals surface area contributed by atoms with E-state index in [0.29, 0.717) is 46.2 Å². The molecule has 0 amide bonds. The Morgan fingerprint density at radius 1 is 1.09 bits per heavy atom. The number of carboxylic acids is 1. The summed E-state index contributed by atoms with van der Waals surface area (Å²) in [7, 11) is 1.51. The standard InChI is InChI=1S/C33H26ClF2N5O4/c1-44-29-15-22(34)4-2-20(29)17-45-32-38-11-6-26(40-32)23-16-24(35)21(12-25(23)36)14-30-39-27-5-3-19(31(42)43)13-28(27)41(30)18-33(7-8-33)9-10-37/h2-6,11-13,15-16H,7-9,14,17-18H2,1H3,(H,42,43). The van der Waals surface area contributed by atoms with Gasteiger partial charge in [-0.3, -0.25) is 0 Å². The van der Waals surface area contributed by atoms with E-state index in [9.17, 15) is 15.2 Å². The molecule has 1 saturated carbocycles. The van der Waals surface area contributed by atoms with Crippen LogP contribution in [0.5, 0.6) is 11.8 Å². The molecule has 0 saturated heterocycles. The van der Waals surface area contributed by atoms with E-state index in [2.05, 4.69) is 21.0 Å². The lowest BCUT2D eigenvalue weighted by atomic mass is 10.0. The van der Waals surface area contributed by atoms with Gasteiger partial charge in [0.15, 0.2) is 0 Å². The molecule has 2 heterocycles. The van der Waals surface area contributed by atoms with Gasteiger partial charge in [-0.15, -0.1) is 0 Å². The molecule has 0 bridgehead atoms. The number of hydrogen-bond acceptors (Lipinski definition) is 7. The molecule has 0 radical (unpaired) electrons. The first-order valence-corrected chi connectivity index (χ1v) is 14.4. The summed E-state index contributed by atoms with van der Waals surface area (Å²) in [5.74, 6) is -1.49. The highest BCUT2D eigenvalue weighted by molar-refractivity contribution is 6.30. The topological polar surface area (TPSA) is 123 Å². The van der Waals surface area contributed by atoms with Crippen LogP contribution in [0.15, 0.2) is 60.8 Å². The number of nitrogens with zero attached hydrogens (tertiary/aromatic N) is 5. The molecule has 1 fully saturated rings. The maximum Gasteiger partial charge on any atom is 0.335 e. The Balaban J connectivity index is 1.28. The average molecular weight is 630 g/mol. The number of benzene rings is 3. The van der Waals surface area contributed by atoms with E-state index in [1.165, 1.54) is 31.5 Å². The van der Waals surface area contributed by atoms with E-state index < -0.39 is 17.6 Å². The van der Waals surface area contributed by atoms with Crippen molar-refractivity contribution in [2.24, 2.45) is 5.41 Å². The predicted octanol–water partition coefficient (Wildman–Crippen LogP) is 7.00. The normalized spacial score (nSPS) is 13.4. The number of methoxy groups -OCH3 is 1. The third kappa shape index (κ3) is 6.28. The fourth-order valence-electron chi connectivity index (χ4n) is 5.32. The summed E-state index contributed by atoms with van der Waals surface area (Å²) >= 11 is 6.02.